The van der Waals surface area contributed by atoms with Gasteiger partial charge >= 0.3 is 5.76 Å². The number of carbonyl (C=O) groups is 1. The van der Waals surface area contributed by atoms with Crippen molar-refractivity contribution in [2.45, 2.75) is 38.6 Å². The molecule has 1 aliphatic rings. The fraction of sp³-hybridized carbons (Fsp3) is 0.500. The lowest BCUT2D eigenvalue weighted by molar-refractivity contribution is -0.131. The van der Waals surface area contributed by atoms with Crippen LogP contribution >= 0.6 is 11.6 Å². The van der Waals surface area contributed by atoms with E-state index in [0.29, 0.717) is 29.1 Å². The zero-order valence-electron chi connectivity index (χ0n) is 12.4. The molecule has 0 saturated carbocycles. The Morgan fingerprint density at radius 1 is 1.18 bits per heavy atom. The fourth-order valence-electron chi connectivity index (χ4n) is 2.94. The summed E-state index contributed by atoms with van der Waals surface area (Å²) in [5, 5.41) is 0.522. The first kappa shape index (κ1) is 15.2. The van der Waals surface area contributed by atoms with Gasteiger partial charge in [0, 0.05) is 37.1 Å². The summed E-state index contributed by atoms with van der Waals surface area (Å²) in [6, 6.07) is 5.08. The average molecular weight is 323 g/mol. The van der Waals surface area contributed by atoms with Crippen molar-refractivity contribution in [1.29, 1.82) is 0 Å². The molecule has 6 heteroatoms. The van der Waals surface area contributed by atoms with E-state index in [1.54, 1.807) is 18.2 Å². The normalized spacial score (nSPS) is 16.0. The second-order valence-corrected chi connectivity index (χ2v) is 6.11. The minimum Gasteiger partial charge on any atom is -0.408 e. The molecule has 1 aliphatic heterocycles. The molecule has 1 fully saturated rings. The molecule has 0 atom stereocenters. The number of carbonyl (C=O) groups excluding carboxylic acids is 1. The summed E-state index contributed by atoms with van der Waals surface area (Å²) in [6.07, 6.45) is 4.83. The molecule has 0 N–H and O–H groups in total. The highest BCUT2D eigenvalue weighted by Gasteiger charge is 2.17. The van der Waals surface area contributed by atoms with E-state index < -0.39 is 5.76 Å². The first-order chi connectivity index (χ1) is 10.6. The van der Waals surface area contributed by atoms with Crippen molar-refractivity contribution in [3.8, 4) is 0 Å². The number of nitrogens with zero attached hydrogens (tertiary/aromatic N) is 2. The van der Waals surface area contributed by atoms with Crippen LogP contribution in [0.5, 0.6) is 0 Å². The number of oxazole rings is 1. The maximum absolute atomic E-state index is 12.3. The maximum atomic E-state index is 12.3. The van der Waals surface area contributed by atoms with Gasteiger partial charge in [0.2, 0.25) is 5.91 Å². The lowest BCUT2D eigenvalue weighted by atomic mass is 10.2. The summed E-state index contributed by atoms with van der Waals surface area (Å²) in [6.45, 7) is 1.99. The first-order valence-electron chi connectivity index (χ1n) is 7.72. The molecule has 1 saturated heterocycles. The summed E-state index contributed by atoms with van der Waals surface area (Å²) in [5.41, 5.74) is 1.14. The minimum atomic E-state index is -0.444. The number of benzene rings is 1. The smallest absolute Gasteiger partial charge is 0.408 e. The first-order valence-corrected chi connectivity index (χ1v) is 8.09. The van der Waals surface area contributed by atoms with Gasteiger partial charge in [0.25, 0.3) is 0 Å². The predicted octanol–water partition coefficient (Wildman–Crippen LogP) is 3.04. The Labute approximate surface area is 133 Å². The Balaban J connectivity index is 1.72. The number of likely N-dealkylation sites (tertiary alicyclic amines) is 1. The van der Waals surface area contributed by atoms with Gasteiger partial charge in [-0.25, -0.2) is 4.79 Å². The average Bonchev–Trinajstić information content (AvgIpc) is 2.69. The van der Waals surface area contributed by atoms with Crippen LogP contribution in [0.1, 0.15) is 32.1 Å². The molecule has 118 valence electrons. The Kier molecular flexibility index (Phi) is 4.52. The molecule has 1 amide bonds. The molecule has 0 radical (unpaired) electrons. The number of hydrogen-bond donors (Lipinski definition) is 0. The molecule has 0 bridgehead atoms. The summed E-state index contributed by atoms with van der Waals surface area (Å²) < 4.78 is 6.68. The number of fused-ring (bicyclic) bond motifs is 1. The molecule has 0 spiro atoms. The molecule has 1 aromatic carbocycles. The Hall–Kier alpha value is -1.75. The van der Waals surface area contributed by atoms with E-state index in [0.717, 1.165) is 25.9 Å². The van der Waals surface area contributed by atoms with Crippen LogP contribution < -0.4 is 5.76 Å². The third kappa shape index (κ3) is 3.19. The van der Waals surface area contributed by atoms with Crippen LogP contribution in [0, 0.1) is 0 Å². The third-order valence-electron chi connectivity index (χ3n) is 4.14. The van der Waals surface area contributed by atoms with Gasteiger partial charge in [-0.05, 0) is 25.0 Å². The second-order valence-electron chi connectivity index (χ2n) is 5.68. The summed E-state index contributed by atoms with van der Waals surface area (Å²) in [4.78, 5) is 26.1. The molecular formula is C16H19ClN2O3. The number of rotatable bonds is 3. The van der Waals surface area contributed by atoms with E-state index in [-0.39, 0.29) is 5.91 Å². The molecule has 2 aromatic rings. The van der Waals surface area contributed by atoms with E-state index in [1.165, 1.54) is 17.4 Å². The SMILES string of the molecule is O=C(CCn1c(=O)oc2cc(Cl)ccc21)N1CCCCCC1. The number of aryl methyl sites for hydroxylation is 1. The number of halogens is 1. The van der Waals surface area contributed by atoms with Crippen molar-refractivity contribution >= 4 is 28.6 Å². The topological polar surface area (TPSA) is 55.5 Å². The monoisotopic (exact) mass is 322 g/mol. The largest absolute Gasteiger partial charge is 0.419 e. The molecular weight excluding hydrogens is 304 g/mol. The van der Waals surface area contributed by atoms with Gasteiger partial charge in [-0.15, -0.1) is 0 Å². The Morgan fingerprint density at radius 3 is 2.64 bits per heavy atom. The number of hydrogen-bond acceptors (Lipinski definition) is 3. The van der Waals surface area contributed by atoms with Crippen molar-refractivity contribution in [3.05, 3.63) is 33.8 Å². The number of aromatic nitrogens is 1. The van der Waals surface area contributed by atoms with E-state index in [4.69, 9.17) is 16.0 Å². The maximum Gasteiger partial charge on any atom is 0.419 e. The van der Waals surface area contributed by atoms with Crippen molar-refractivity contribution in [3.63, 3.8) is 0 Å². The van der Waals surface area contributed by atoms with E-state index in [9.17, 15) is 9.59 Å². The van der Waals surface area contributed by atoms with Gasteiger partial charge in [0.05, 0.1) is 5.52 Å². The van der Waals surface area contributed by atoms with Gasteiger partial charge in [-0.3, -0.25) is 9.36 Å². The van der Waals surface area contributed by atoms with E-state index in [2.05, 4.69) is 0 Å². The van der Waals surface area contributed by atoms with Crippen LogP contribution in [-0.2, 0) is 11.3 Å². The lowest BCUT2D eigenvalue weighted by Gasteiger charge is -2.20. The van der Waals surface area contributed by atoms with Crippen molar-refractivity contribution in [2.24, 2.45) is 0 Å². The van der Waals surface area contributed by atoms with Crippen molar-refractivity contribution < 1.29 is 9.21 Å². The summed E-state index contributed by atoms with van der Waals surface area (Å²) in [5.74, 6) is -0.335. The molecule has 2 heterocycles. The quantitative estimate of drug-likeness (QED) is 0.872. The Morgan fingerprint density at radius 2 is 1.91 bits per heavy atom. The van der Waals surface area contributed by atoms with Crippen molar-refractivity contribution in [2.75, 3.05) is 13.1 Å². The van der Waals surface area contributed by atoms with Gasteiger partial charge in [0.1, 0.15) is 0 Å². The zero-order chi connectivity index (χ0) is 15.5. The number of amides is 1. The van der Waals surface area contributed by atoms with Crippen LogP contribution in [0.3, 0.4) is 0 Å². The molecule has 1 aromatic heterocycles. The van der Waals surface area contributed by atoms with Crippen LogP contribution in [0.4, 0.5) is 0 Å². The fourth-order valence-corrected chi connectivity index (χ4v) is 3.10. The summed E-state index contributed by atoms with van der Waals surface area (Å²) in [7, 11) is 0. The second kappa shape index (κ2) is 6.57. The van der Waals surface area contributed by atoms with Gasteiger partial charge < -0.3 is 9.32 Å². The van der Waals surface area contributed by atoms with Crippen LogP contribution in [0.25, 0.3) is 11.1 Å². The highest BCUT2D eigenvalue weighted by atomic mass is 35.5. The van der Waals surface area contributed by atoms with Gasteiger partial charge in [-0.2, -0.15) is 0 Å². The van der Waals surface area contributed by atoms with Crippen LogP contribution in [0.2, 0.25) is 5.02 Å². The highest BCUT2D eigenvalue weighted by Crippen LogP contribution is 2.19. The molecule has 3 rings (SSSR count). The minimum absolute atomic E-state index is 0.108. The van der Waals surface area contributed by atoms with Crippen molar-refractivity contribution in [1.82, 2.24) is 9.47 Å². The molecule has 0 aliphatic carbocycles. The third-order valence-corrected chi connectivity index (χ3v) is 4.37. The van der Waals surface area contributed by atoms with E-state index >= 15 is 0 Å². The van der Waals surface area contributed by atoms with E-state index in [1.807, 2.05) is 4.90 Å². The van der Waals surface area contributed by atoms with Crippen LogP contribution in [0.15, 0.2) is 27.4 Å². The van der Waals surface area contributed by atoms with Gasteiger partial charge in [0.15, 0.2) is 5.58 Å². The lowest BCUT2D eigenvalue weighted by Crippen LogP contribution is -2.33. The predicted molar refractivity (Wildman–Crippen MR) is 85.1 cm³/mol. The Bertz CT molecular complexity index is 727. The molecule has 5 nitrogen and oxygen atoms in total. The molecule has 0 unspecified atom stereocenters. The molecule has 22 heavy (non-hydrogen) atoms. The van der Waals surface area contributed by atoms with Gasteiger partial charge in [-0.1, -0.05) is 24.4 Å². The van der Waals surface area contributed by atoms with Crippen LogP contribution in [-0.4, -0.2) is 28.5 Å². The standard InChI is InChI=1S/C16H19ClN2O3/c17-12-5-6-13-14(11-12)22-16(21)19(13)10-7-15(20)18-8-3-1-2-4-9-18/h5-6,11H,1-4,7-10H2. The highest BCUT2D eigenvalue weighted by molar-refractivity contribution is 6.31. The zero-order valence-corrected chi connectivity index (χ0v) is 13.1. The summed E-state index contributed by atoms with van der Waals surface area (Å²) >= 11 is 5.89.